The van der Waals surface area contributed by atoms with Gasteiger partial charge < -0.3 is 15.0 Å². The molecule has 5 nitrogen and oxygen atoms in total. The van der Waals surface area contributed by atoms with E-state index in [1.165, 1.54) is 6.42 Å². The van der Waals surface area contributed by atoms with Crippen molar-refractivity contribution >= 4 is 29.1 Å². The Hall–Kier alpha value is -2.53. The van der Waals surface area contributed by atoms with Gasteiger partial charge in [0.25, 0.3) is 11.8 Å². The summed E-state index contributed by atoms with van der Waals surface area (Å²) >= 11 is 6.00. The third kappa shape index (κ3) is 4.76. The third-order valence-electron chi connectivity index (χ3n) is 4.23. The molecule has 2 aromatic carbocycles. The van der Waals surface area contributed by atoms with E-state index in [1.807, 2.05) is 4.90 Å². The number of benzene rings is 2. The van der Waals surface area contributed by atoms with Gasteiger partial charge in [-0.15, -0.1) is 0 Å². The number of hydrogen-bond acceptors (Lipinski definition) is 3. The van der Waals surface area contributed by atoms with Crippen LogP contribution in [0.4, 0.5) is 5.69 Å². The summed E-state index contributed by atoms with van der Waals surface area (Å²) in [6, 6.07) is 14.0. The van der Waals surface area contributed by atoms with Gasteiger partial charge in [-0.25, -0.2) is 0 Å². The van der Waals surface area contributed by atoms with Gasteiger partial charge in [0.15, 0.2) is 6.61 Å². The van der Waals surface area contributed by atoms with Crippen LogP contribution in [0.25, 0.3) is 0 Å². The number of piperidine rings is 1. The number of ether oxygens (including phenoxy) is 1. The number of likely N-dealkylation sites (tertiary alicyclic amines) is 1. The topological polar surface area (TPSA) is 58.6 Å². The molecule has 0 unspecified atom stereocenters. The van der Waals surface area contributed by atoms with Crippen molar-refractivity contribution in [2.24, 2.45) is 0 Å². The first-order valence-corrected chi connectivity index (χ1v) is 9.08. The van der Waals surface area contributed by atoms with E-state index in [1.54, 1.807) is 48.5 Å². The monoisotopic (exact) mass is 372 g/mol. The fourth-order valence-corrected chi connectivity index (χ4v) is 3.10. The van der Waals surface area contributed by atoms with Gasteiger partial charge in [-0.1, -0.05) is 29.8 Å². The number of carbonyl (C=O) groups is 2. The first kappa shape index (κ1) is 18.3. The molecule has 1 fully saturated rings. The normalized spacial score (nSPS) is 14.0. The van der Waals surface area contributed by atoms with Gasteiger partial charge in [0.05, 0.1) is 5.02 Å². The molecule has 1 heterocycles. The van der Waals surface area contributed by atoms with E-state index in [-0.39, 0.29) is 18.4 Å². The molecule has 0 aliphatic carbocycles. The average Bonchev–Trinajstić information content (AvgIpc) is 2.68. The number of hydrogen-bond donors (Lipinski definition) is 1. The summed E-state index contributed by atoms with van der Waals surface area (Å²) in [5.74, 6) is 0.152. The maximum absolute atomic E-state index is 12.6. The van der Waals surface area contributed by atoms with Crippen molar-refractivity contribution in [2.45, 2.75) is 19.3 Å². The lowest BCUT2D eigenvalue weighted by Crippen LogP contribution is -2.35. The molecule has 2 aromatic rings. The summed E-state index contributed by atoms with van der Waals surface area (Å²) in [6.07, 6.45) is 3.26. The van der Waals surface area contributed by atoms with E-state index < -0.39 is 0 Å². The minimum atomic E-state index is -0.313. The van der Waals surface area contributed by atoms with Gasteiger partial charge in [0.1, 0.15) is 5.75 Å². The van der Waals surface area contributed by atoms with Crippen LogP contribution in [0.15, 0.2) is 48.5 Å². The highest BCUT2D eigenvalue weighted by Gasteiger charge is 2.18. The summed E-state index contributed by atoms with van der Waals surface area (Å²) in [7, 11) is 0. The molecule has 0 bridgehead atoms. The number of halogens is 1. The maximum atomic E-state index is 12.6. The molecule has 1 N–H and O–H groups in total. The fraction of sp³-hybridized carbons (Fsp3) is 0.300. The highest BCUT2D eigenvalue weighted by molar-refractivity contribution is 6.32. The van der Waals surface area contributed by atoms with E-state index >= 15 is 0 Å². The Morgan fingerprint density at radius 1 is 1.04 bits per heavy atom. The molecule has 0 atom stereocenters. The molecular weight excluding hydrogens is 352 g/mol. The molecule has 0 aromatic heterocycles. The minimum Gasteiger partial charge on any atom is -0.482 e. The highest BCUT2D eigenvalue weighted by atomic mass is 35.5. The Morgan fingerprint density at radius 2 is 1.81 bits per heavy atom. The van der Waals surface area contributed by atoms with Crippen LogP contribution >= 0.6 is 11.6 Å². The fourth-order valence-electron chi connectivity index (χ4n) is 2.91. The molecule has 1 saturated heterocycles. The van der Waals surface area contributed by atoms with E-state index in [0.29, 0.717) is 22.0 Å². The van der Waals surface area contributed by atoms with E-state index in [0.717, 1.165) is 25.9 Å². The van der Waals surface area contributed by atoms with Gasteiger partial charge in [0, 0.05) is 24.3 Å². The van der Waals surface area contributed by atoms with Crippen molar-refractivity contribution in [3.63, 3.8) is 0 Å². The molecule has 0 spiro atoms. The number of carbonyl (C=O) groups excluding carboxylic acids is 2. The smallest absolute Gasteiger partial charge is 0.262 e. The zero-order valence-electron chi connectivity index (χ0n) is 14.4. The van der Waals surface area contributed by atoms with Crippen LogP contribution in [0.3, 0.4) is 0 Å². The predicted octanol–water partition coefficient (Wildman–Crippen LogP) is 3.98. The summed E-state index contributed by atoms with van der Waals surface area (Å²) < 4.78 is 5.42. The minimum absolute atomic E-state index is 0.00752. The second-order valence-electron chi connectivity index (χ2n) is 6.20. The van der Waals surface area contributed by atoms with Crippen molar-refractivity contribution < 1.29 is 14.3 Å². The number of rotatable bonds is 5. The first-order valence-electron chi connectivity index (χ1n) is 8.70. The summed E-state index contributed by atoms with van der Waals surface area (Å²) in [6.45, 7) is 1.43. The lowest BCUT2D eigenvalue weighted by Gasteiger charge is -2.26. The zero-order chi connectivity index (χ0) is 18.4. The molecular formula is C20H21ClN2O3. The van der Waals surface area contributed by atoms with Crippen LogP contribution in [-0.4, -0.2) is 36.4 Å². The SMILES string of the molecule is O=C(COc1ccccc1Cl)Nc1cccc(C(=O)N2CCCCC2)c1. The van der Waals surface area contributed by atoms with Gasteiger partial charge >= 0.3 is 0 Å². The Labute approximate surface area is 157 Å². The molecule has 26 heavy (non-hydrogen) atoms. The largest absolute Gasteiger partial charge is 0.482 e. The van der Waals surface area contributed by atoms with Gasteiger partial charge in [-0.3, -0.25) is 9.59 Å². The molecule has 1 aliphatic heterocycles. The average molecular weight is 373 g/mol. The van der Waals surface area contributed by atoms with Crippen molar-refractivity contribution in [2.75, 3.05) is 25.0 Å². The van der Waals surface area contributed by atoms with Crippen LogP contribution in [-0.2, 0) is 4.79 Å². The summed E-state index contributed by atoms with van der Waals surface area (Å²) in [5, 5.41) is 3.21. The second kappa shape index (κ2) is 8.72. The molecule has 0 radical (unpaired) electrons. The number of anilines is 1. The molecule has 6 heteroatoms. The van der Waals surface area contributed by atoms with Gasteiger partial charge in [-0.05, 0) is 49.6 Å². The van der Waals surface area contributed by atoms with E-state index in [9.17, 15) is 9.59 Å². The molecule has 2 amide bonds. The molecule has 1 aliphatic rings. The number of para-hydroxylation sites is 1. The van der Waals surface area contributed by atoms with Crippen molar-refractivity contribution in [1.29, 1.82) is 0 Å². The van der Waals surface area contributed by atoms with Crippen molar-refractivity contribution in [3.05, 3.63) is 59.1 Å². The molecule has 0 saturated carbocycles. The Kier molecular flexibility index (Phi) is 6.12. The molecule has 3 rings (SSSR count). The van der Waals surface area contributed by atoms with Crippen LogP contribution in [0.5, 0.6) is 5.75 Å². The maximum Gasteiger partial charge on any atom is 0.262 e. The number of nitrogens with zero attached hydrogens (tertiary/aromatic N) is 1. The quantitative estimate of drug-likeness (QED) is 0.863. The third-order valence-corrected chi connectivity index (χ3v) is 4.54. The standard InChI is InChI=1S/C20H21ClN2O3/c21-17-9-2-3-10-18(17)26-14-19(24)22-16-8-6-7-15(13-16)20(25)23-11-4-1-5-12-23/h2-3,6-10,13H,1,4-5,11-12,14H2,(H,22,24). The van der Waals surface area contributed by atoms with Crippen LogP contribution in [0.2, 0.25) is 5.02 Å². The first-order chi connectivity index (χ1) is 12.6. The molecule has 136 valence electrons. The van der Waals surface area contributed by atoms with E-state index in [2.05, 4.69) is 5.32 Å². The number of amides is 2. The van der Waals surface area contributed by atoms with Crippen LogP contribution in [0.1, 0.15) is 29.6 Å². The van der Waals surface area contributed by atoms with Crippen LogP contribution in [0, 0.1) is 0 Å². The summed E-state index contributed by atoms with van der Waals surface area (Å²) in [4.78, 5) is 26.5. The Bertz CT molecular complexity index is 788. The summed E-state index contributed by atoms with van der Waals surface area (Å²) in [5.41, 5.74) is 1.15. The zero-order valence-corrected chi connectivity index (χ0v) is 15.2. The van der Waals surface area contributed by atoms with Gasteiger partial charge in [-0.2, -0.15) is 0 Å². The highest BCUT2D eigenvalue weighted by Crippen LogP contribution is 2.23. The van der Waals surface area contributed by atoms with E-state index in [4.69, 9.17) is 16.3 Å². The number of nitrogens with one attached hydrogen (secondary N) is 1. The Morgan fingerprint density at radius 3 is 2.58 bits per heavy atom. The lowest BCUT2D eigenvalue weighted by atomic mass is 10.1. The lowest BCUT2D eigenvalue weighted by molar-refractivity contribution is -0.118. The Balaban J connectivity index is 1.58. The van der Waals surface area contributed by atoms with Crippen molar-refractivity contribution in [1.82, 2.24) is 4.90 Å². The van der Waals surface area contributed by atoms with Gasteiger partial charge in [0.2, 0.25) is 0 Å². The van der Waals surface area contributed by atoms with Crippen molar-refractivity contribution in [3.8, 4) is 5.75 Å². The predicted molar refractivity (Wildman–Crippen MR) is 102 cm³/mol. The van der Waals surface area contributed by atoms with Crippen LogP contribution < -0.4 is 10.1 Å². The second-order valence-corrected chi connectivity index (χ2v) is 6.61.